The number of hydrogen-bond acceptors (Lipinski definition) is 3. The van der Waals surface area contributed by atoms with Gasteiger partial charge in [-0.2, -0.15) is 0 Å². The Morgan fingerprint density at radius 3 is 2.23 bits per heavy atom. The highest BCUT2D eigenvalue weighted by atomic mass is 16.5. The van der Waals surface area contributed by atoms with E-state index in [-0.39, 0.29) is 0 Å². The minimum absolute atomic E-state index is 0.580. The fraction of sp³-hybridized carbons (Fsp3) is 0.304. The third kappa shape index (κ3) is 5.50. The third-order valence-electron chi connectivity index (χ3n) is 4.52. The molecule has 0 aliphatic heterocycles. The lowest BCUT2D eigenvalue weighted by Gasteiger charge is -2.06. The Morgan fingerprint density at radius 1 is 0.731 bits per heavy atom. The van der Waals surface area contributed by atoms with Gasteiger partial charge in [-0.1, -0.05) is 42.5 Å². The molecule has 1 heterocycles. The Labute approximate surface area is 155 Å². The maximum absolute atomic E-state index is 5.85. The molecule has 3 nitrogen and oxygen atoms in total. The molecule has 0 radical (unpaired) electrons. The lowest BCUT2D eigenvalue weighted by Crippen LogP contribution is -1.97. The molecular formula is C23H26O3. The van der Waals surface area contributed by atoms with Crippen LogP contribution in [-0.4, -0.2) is 7.11 Å². The molecule has 3 aromatic rings. The van der Waals surface area contributed by atoms with Crippen LogP contribution in [0.15, 0.2) is 71.5 Å². The number of unbranched alkanes of at least 4 members (excludes halogenated alkanes) is 1. The summed E-state index contributed by atoms with van der Waals surface area (Å²) >= 11 is 0. The summed E-state index contributed by atoms with van der Waals surface area (Å²) in [5, 5.41) is 0. The molecule has 0 bridgehead atoms. The number of furan rings is 1. The zero-order chi connectivity index (χ0) is 18.0. The molecule has 0 aliphatic carbocycles. The molecule has 136 valence electrons. The van der Waals surface area contributed by atoms with Gasteiger partial charge in [0.05, 0.1) is 32.8 Å². The predicted octanol–water partition coefficient (Wildman–Crippen LogP) is 5.57. The monoisotopic (exact) mass is 350 g/mol. The SMILES string of the molecule is COc1ccc(COCc2cocc2CCCCc2ccccc2)cc1. The average molecular weight is 350 g/mol. The number of aryl methyl sites for hydroxylation is 2. The van der Waals surface area contributed by atoms with Gasteiger partial charge in [0.25, 0.3) is 0 Å². The normalized spacial score (nSPS) is 10.8. The van der Waals surface area contributed by atoms with Crippen molar-refractivity contribution in [3.63, 3.8) is 0 Å². The van der Waals surface area contributed by atoms with Gasteiger partial charge in [-0.05, 0) is 54.5 Å². The highest BCUT2D eigenvalue weighted by Gasteiger charge is 2.06. The van der Waals surface area contributed by atoms with Crippen molar-refractivity contribution in [1.82, 2.24) is 0 Å². The van der Waals surface area contributed by atoms with Crippen molar-refractivity contribution in [3.05, 3.63) is 89.4 Å². The molecule has 0 atom stereocenters. The summed E-state index contributed by atoms with van der Waals surface area (Å²) in [5.41, 5.74) is 4.95. The van der Waals surface area contributed by atoms with E-state index in [2.05, 4.69) is 30.3 Å². The average Bonchev–Trinajstić information content (AvgIpc) is 3.14. The van der Waals surface area contributed by atoms with Gasteiger partial charge in [-0.15, -0.1) is 0 Å². The first-order valence-corrected chi connectivity index (χ1v) is 9.13. The molecule has 1 aromatic heterocycles. The summed E-state index contributed by atoms with van der Waals surface area (Å²) in [5.74, 6) is 0.862. The summed E-state index contributed by atoms with van der Waals surface area (Å²) in [6.45, 7) is 1.17. The second kappa shape index (κ2) is 9.83. The minimum atomic E-state index is 0.580. The van der Waals surface area contributed by atoms with E-state index in [1.165, 1.54) is 17.5 Å². The minimum Gasteiger partial charge on any atom is -0.497 e. The van der Waals surface area contributed by atoms with Gasteiger partial charge in [-0.25, -0.2) is 0 Å². The van der Waals surface area contributed by atoms with E-state index in [4.69, 9.17) is 13.9 Å². The summed E-state index contributed by atoms with van der Waals surface area (Å²) < 4.78 is 16.4. The van der Waals surface area contributed by atoms with Gasteiger partial charge in [0, 0.05) is 5.56 Å². The molecule has 0 fully saturated rings. The van der Waals surface area contributed by atoms with Crippen LogP contribution in [0.2, 0.25) is 0 Å². The van der Waals surface area contributed by atoms with Crippen molar-refractivity contribution in [2.75, 3.05) is 7.11 Å². The van der Waals surface area contributed by atoms with Crippen LogP contribution >= 0.6 is 0 Å². The van der Waals surface area contributed by atoms with E-state index < -0.39 is 0 Å². The van der Waals surface area contributed by atoms with E-state index >= 15 is 0 Å². The quantitative estimate of drug-likeness (QED) is 0.448. The van der Waals surface area contributed by atoms with E-state index in [0.29, 0.717) is 13.2 Å². The smallest absolute Gasteiger partial charge is 0.118 e. The van der Waals surface area contributed by atoms with Crippen LogP contribution in [0.25, 0.3) is 0 Å². The molecule has 0 aliphatic rings. The van der Waals surface area contributed by atoms with Crippen LogP contribution in [0.5, 0.6) is 5.75 Å². The van der Waals surface area contributed by atoms with Gasteiger partial charge < -0.3 is 13.9 Å². The highest BCUT2D eigenvalue weighted by molar-refractivity contribution is 5.27. The van der Waals surface area contributed by atoms with E-state index in [1.807, 2.05) is 30.5 Å². The van der Waals surface area contributed by atoms with E-state index in [1.54, 1.807) is 13.4 Å². The van der Waals surface area contributed by atoms with Crippen LogP contribution in [0.4, 0.5) is 0 Å². The topological polar surface area (TPSA) is 31.6 Å². The lowest BCUT2D eigenvalue weighted by atomic mass is 10.0. The summed E-state index contributed by atoms with van der Waals surface area (Å²) in [7, 11) is 1.67. The maximum atomic E-state index is 5.85. The van der Waals surface area contributed by atoms with E-state index in [9.17, 15) is 0 Å². The number of benzene rings is 2. The molecule has 0 saturated heterocycles. The second-order valence-electron chi connectivity index (χ2n) is 6.46. The zero-order valence-corrected chi connectivity index (χ0v) is 15.3. The third-order valence-corrected chi connectivity index (χ3v) is 4.52. The van der Waals surface area contributed by atoms with Gasteiger partial charge >= 0.3 is 0 Å². The maximum Gasteiger partial charge on any atom is 0.118 e. The molecule has 0 saturated carbocycles. The van der Waals surface area contributed by atoms with Crippen molar-refractivity contribution in [3.8, 4) is 5.75 Å². The summed E-state index contributed by atoms with van der Waals surface area (Å²) in [6, 6.07) is 18.6. The van der Waals surface area contributed by atoms with Gasteiger partial charge in [-0.3, -0.25) is 0 Å². The second-order valence-corrected chi connectivity index (χ2v) is 6.46. The molecule has 26 heavy (non-hydrogen) atoms. The van der Waals surface area contributed by atoms with Crippen molar-refractivity contribution < 1.29 is 13.9 Å². The van der Waals surface area contributed by atoms with Crippen LogP contribution in [0, 0.1) is 0 Å². The first-order valence-electron chi connectivity index (χ1n) is 9.13. The predicted molar refractivity (Wildman–Crippen MR) is 103 cm³/mol. The van der Waals surface area contributed by atoms with Crippen molar-refractivity contribution in [1.29, 1.82) is 0 Å². The summed E-state index contributed by atoms with van der Waals surface area (Å²) in [4.78, 5) is 0. The fourth-order valence-corrected chi connectivity index (χ4v) is 2.99. The first-order chi connectivity index (χ1) is 12.8. The molecule has 3 rings (SSSR count). The molecular weight excluding hydrogens is 324 g/mol. The van der Waals surface area contributed by atoms with Gasteiger partial charge in [0.1, 0.15) is 5.75 Å². The van der Waals surface area contributed by atoms with E-state index in [0.717, 1.165) is 36.1 Å². The number of ether oxygens (including phenoxy) is 2. The number of methoxy groups -OCH3 is 1. The van der Waals surface area contributed by atoms with Crippen LogP contribution in [0.3, 0.4) is 0 Å². The zero-order valence-electron chi connectivity index (χ0n) is 15.3. The van der Waals surface area contributed by atoms with Crippen LogP contribution in [0.1, 0.15) is 35.1 Å². The Morgan fingerprint density at radius 2 is 1.46 bits per heavy atom. The number of rotatable bonds is 10. The molecule has 0 N–H and O–H groups in total. The fourth-order valence-electron chi connectivity index (χ4n) is 2.99. The molecule has 3 heteroatoms. The molecule has 0 unspecified atom stereocenters. The Kier molecular flexibility index (Phi) is 6.91. The van der Waals surface area contributed by atoms with Gasteiger partial charge in [0.2, 0.25) is 0 Å². The standard InChI is InChI=1S/C23H26O3/c1-24-23-13-11-20(12-14-23)15-25-17-22-18-26-16-21(22)10-6-5-9-19-7-3-2-4-8-19/h2-4,7-8,11-14,16,18H,5-6,9-10,15,17H2,1H3. The Balaban J connectivity index is 1.40. The molecule has 0 spiro atoms. The lowest BCUT2D eigenvalue weighted by molar-refractivity contribution is 0.106. The summed E-state index contributed by atoms with van der Waals surface area (Å²) in [6.07, 6.45) is 8.16. The van der Waals surface area contributed by atoms with Crippen LogP contribution < -0.4 is 4.74 Å². The van der Waals surface area contributed by atoms with Crippen molar-refractivity contribution >= 4 is 0 Å². The highest BCUT2D eigenvalue weighted by Crippen LogP contribution is 2.17. The molecule has 0 amide bonds. The Bertz CT molecular complexity index is 760. The van der Waals surface area contributed by atoms with Gasteiger partial charge in [0.15, 0.2) is 0 Å². The Hall–Kier alpha value is -2.52. The van der Waals surface area contributed by atoms with Crippen LogP contribution in [-0.2, 0) is 30.8 Å². The van der Waals surface area contributed by atoms with Crippen molar-refractivity contribution in [2.24, 2.45) is 0 Å². The number of hydrogen-bond donors (Lipinski definition) is 0. The largest absolute Gasteiger partial charge is 0.497 e. The first kappa shape index (κ1) is 18.3. The molecule has 2 aromatic carbocycles. The van der Waals surface area contributed by atoms with Crippen molar-refractivity contribution in [2.45, 2.75) is 38.9 Å².